The highest BCUT2D eigenvalue weighted by atomic mass is 16.5. The molecule has 0 aliphatic rings. The zero-order valence-electron chi connectivity index (χ0n) is 8.84. The van der Waals surface area contributed by atoms with E-state index >= 15 is 0 Å². The van der Waals surface area contributed by atoms with Gasteiger partial charge in [0, 0.05) is 6.07 Å². The predicted octanol–water partition coefficient (Wildman–Crippen LogP) is 1.82. The van der Waals surface area contributed by atoms with Gasteiger partial charge >= 0.3 is 0 Å². The second-order valence-electron chi connectivity index (χ2n) is 3.45. The van der Waals surface area contributed by atoms with Crippen LogP contribution in [-0.2, 0) is 0 Å². The van der Waals surface area contributed by atoms with Crippen LogP contribution in [-0.4, -0.2) is 16.2 Å². The molecule has 0 amide bonds. The molecule has 0 fully saturated rings. The van der Waals surface area contributed by atoms with Crippen LogP contribution >= 0.6 is 0 Å². The maximum Gasteiger partial charge on any atom is 0.213 e. The van der Waals surface area contributed by atoms with Crippen molar-refractivity contribution in [3.05, 3.63) is 23.9 Å². The third-order valence-electron chi connectivity index (χ3n) is 1.73. The number of nitrogens with zero attached hydrogens (tertiary/aromatic N) is 2. The number of ether oxygens (including phenoxy) is 1. The van der Waals surface area contributed by atoms with E-state index < -0.39 is 6.10 Å². The second-order valence-corrected chi connectivity index (χ2v) is 3.45. The summed E-state index contributed by atoms with van der Waals surface area (Å²) in [6.45, 7) is 3.81. The average molecular weight is 206 g/mol. The van der Waals surface area contributed by atoms with Crippen LogP contribution in [0.25, 0.3) is 0 Å². The lowest BCUT2D eigenvalue weighted by atomic mass is 10.2. The fourth-order valence-corrected chi connectivity index (χ4v) is 1.11. The van der Waals surface area contributed by atoms with Gasteiger partial charge < -0.3 is 9.84 Å². The summed E-state index contributed by atoms with van der Waals surface area (Å²) >= 11 is 0. The molecule has 1 rings (SSSR count). The Morgan fingerprint density at radius 1 is 1.53 bits per heavy atom. The van der Waals surface area contributed by atoms with Crippen molar-refractivity contribution in [1.82, 2.24) is 4.98 Å². The second kappa shape index (κ2) is 5.32. The molecule has 0 aromatic carbocycles. The van der Waals surface area contributed by atoms with E-state index in [-0.39, 0.29) is 12.5 Å². The third kappa shape index (κ3) is 3.56. The molecule has 0 bridgehead atoms. The van der Waals surface area contributed by atoms with Crippen molar-refractivity contribution in [2.45, 2.75) is 32.5 Å². The van der Waals surface area contributed by atoms with E-state index in [1.165, 1.54) is 0 Å². The summed E-state index contributed by atoms with van der Waals surface area (Å²) in [5, 5.41) is 18.0. The highest BCUT2D eigenvalue weighted by Gasteiger charge is 2.09. The highest BCUT2D eigenvalue weighted by molar-refractivity contribution is 5.18. The van der Waals surface area contributed by atoms with Crippen molar-refractivity contribution in [2.24, 2.45) is 0 Å². The van der Waals surface area contributed by atoms with Gasteiger partial charge in [-0.25, -0.2) is 4.98 Å². The van der Waals surface area contributed by atoms with E-state index in [2.05, 4.69) is 4.98 Å². The van der Waals surface area contributed by atoms with Crippen molar-refractivity contribution in [3.8, 4) is 11.9 Å². The van der Waals surface area contributed by atoms with Crippen LogP contribution in [0.2, 0.25) is 0 Å². The minimum Gasteiger partial charge on any atom is -0.475 e. The molecule has 80 valence electrons. The predicted molar refractivity (Wildman–Crippen MR) is 55.2 cm³/mol. The van der Waals surface area contributed by atoms with E-state index in [0.717, 1.165) is 0 Å². The van der Waals surface area contributed by atoms with E-state index in [0.29, 0.717) is 11.6 Å². The SMILES string of the molecule is CC(C)Oc1cccc(C(O)CC#N)n1. The van der Waals surface area contributed by atoms with Gasteiger partial charge in [0.2, 0.25) is 5.88 Å². The quantitative estimate of drug-likeness (QED) is 0.815. The van der Waals surface area contributed by atoms with Crippen LogP contribution < -0.4 is 4.74 Å². The van der Waals surface area contributed by atoms with E-state index in [1.807, 2.05) is 19.9 Å². The van der Waals surface area contributed by atoms with Crippen LogP contribution in [0.3, 0.4) is 0 Å². The number of aromatic nitrogens is 1. The summed E-state index contributed by atoms with van der Waals surface area (Å²) in [5.74, 6) is 0.472. The normalized spacial score (nSPS) is 12.2. The van der Waals surface area contributed by atoms with Gasteiger partial charge in [0.1, 0.15) is 6.10 Å². The Morgan fingerprint density at radius 3 is 2.87 bits per heavy atom. The fraction of sp³-hybridized carbons (Fsp3) is 0.455. The molecule has 1 heterocycles. The van der Waals surface area contributed by atoms with Gasteiger partial charge in [-0.15, -0.1) is 0 Å². The molecule has 0 spiro atoms. The number of hydrogen-bond acceptors (Lipinski definition) is 4. The van der Waals surface area contributed by atoms with Crippen LogP contribution in [0.1, 0.15) is 32.1 Å². The molecule has 1 N–H and O–H groups in total. The van der Waals surface area contributed by atoms with Gasteiger partial charge in [-0.05, 0) is 19.9 Å². The molecule has 0 saturated heterocycles. The molecule has 0 saturated carbocycles. The van der Waals surface area contributed by atoms with Gasteiger partial charge in [-0.2, -0.15) is 5.26 Å². The van der Waals surface area contributed by atoms with Gasteiger partial charge in [-0.3, -0.25) is 0 Å². The molecular weight excluding hydrogens is 192 g/mol. The standard InChI is InChI=1S/C11H14N2O2/c1-8(2)15-11-5-3-4-9(13-11)10(14)6-7-12/h3-5,8,10,14H,6H2,1-2H3. The number of aliphatic hydroxyl groups excluding tert-OH is 1. The molecule has 1 unspecified atom stereocenters. The lowest BCUT2D eigenvalue weighted by Gasteiger charge is -2.11. The molecular formula is C11H14N2O2. The van der Waals surface area contributed by atoms with Crippen molar-refractivity contribution in [3.63, 3.8) is 0 Å². The minimum absolute atomic E-state index is 0.0398. The molecule has 1 atom stereocenters. The van der Waals surface area contributed by atoms with Gasteiger partial charge in [0.15, 0.2) is 0 Å². The molecule has 4 heteroatoms. The molecule has 15 heavy (non-hydrogen) atoms. The fourth-order valence-electron chi connectivity index (χ4n) is 1.11. The first kappa shape index (κ1) is 11.5. The summed E-state index contributed by atoms with van der Waals surface area (Å²) in [4.78, 5) is 4.11. The van der Waals surface area contributed by atoms with Crippen LogP contribution in [0.15, 0.2) is 18.2 Å². The summed E-state index contributed by atoms with van der Waals surface area (Å²) in [7, 11) is 0. The number of aliphatic hydroxyl groups is 1. The Hall–Kier alpha value is -1.60. The lowest BCUT2D eigenvalue weighted by molar-refractivity contribution is 0.174. The lowest BCUT2D eigenvalue weighted by Crippen LogP contribution is -2.08. The van der Waals surface area contributed by atoms with E-state index in [1.54, 1.807) is 18.2 Å². The first-order valence-corrected chi connectivity index (χ1v) is 4.82. The molecule has 1 aromatic heterocycles. The summed E-state index contributed by atoms with van der Waals surface area (Å²) in [6, 6.07) is 7.05. The monoisotopic (exact) mass is 206 g/mol. The maximum atomic E-state index is 9.54. The van der Waals surface area contributed by atoms with Crippen LogP contribution in [0.5, 0.6) is 5.88 Å². The molecule has 0 aliphatic carbocycles. The van der Waals surface area contributed by atoms with Gasteiger partial charge in [0.25, 0.3) is 0 Å². The molecule has 0 radical (unpaired) electrons. The number of pyridine rings is 1. The first-order valence-electron chi connectivity index (χ1n) is 4.82. The van der Waals surface area contributed by atoms with Crippen LogP contribution in [0, 0.1) is 11.3 Å². The minimum atomic E-state index is -0.842. The van der Waals surface area contributed by atoms with E-state index in [9.17, 15) is 5.11 Å². The van der Waals surface area contributed by atoms with Crippen LogP contribution in [0.4, 0.5) is 0 Å². The zero-order valence-corrected chi connectivity index (χ0v) is 8.84. The van der Waals surface area contributed by atoms with E-state index in [4.69, 9.17) is 10.00 Å². The smallest absolute Gasteiger partial charge is 0.213 e. The average Bonchev–Trinajstić information content (AvgIpc) is 2.17. The Kier molecular flexibility index (Phi) is 4.07. The van der Waals surface area contributed by atoms with Crippen molar-refractivity contribution >= 4 is 0 Å². The highest BCUT2D eigenvalue weighted by Crippen LogP contribution is 2.17. The molecule has 4 nitrogen and oxygen atoms in total. The van der Waals surface area contributed by atoms with Crippen molar-refractivity contribution in [1.29, 1.82) is 5.26 Å². The van der Waals surface area contributed by atoms with Crippen molar-refractivity contribution in [2.75, 3.05) is 0 Å². The summed E-state index contributed by atoms with van der Waals surface area (Å²) in [5.41, 5.74) is 0.467. The largest absolute Gasteiger partial charge is 0.475 e. The number of hydrogen-bond donors (Lipinski definition) is 1. The Labute approximate surface area is 89.1 Å². The Bertz CT molecular complexity index is 358. The van der Waals surface area contributed by atoms with Gasteiger partial charge in [0.05, 0.1) is 24.3 Å². The first-order chi connectivity index (χ1) is 7.13. The third-order valence-corrected chi connectivity index (χ3v) is 1.73. The number of nitriles is 1. The topological polar surface area (TPSA) is 66.1 Å². The number of rotatable bonds is 4. The molecule has 0 aliphatic heterocycles. The summed E-state index contributed by atoms with van der Waals surface area (Å²) in [6.07, 6.45) is -0.760. The zero-order chi connectivity index (χ0) is 11.3. The molecule has 1 aromatic rings. The maximum absolute atomic E-state index is 9.54. The van der Waals surface area contributed by atoms with Crippen molar-refractivity contribution < 1.29 is 9.84 Å². The Morgan fingerprint density at radius 2 is 2.27 bits per heavy atom. The van der Waals surface area contributed by atoms with Gasteiger partial charge in [-0.1, -0.05) is 6.07 Å². The summed E-state index contributed by atoms with van der Waals surface area (Å²) < 4.78 is 5.38. The Balaban J connectivity index is 2.78.